The molecule has 0 saturated carbocycles. The Morgan fingerprint density at radius 2 is 1.78 bits per heavy atom. The Morgan fingerprint density at radius 3 is 2.44 bits per heavy atom. The van der Waals surface area contributed by atoms with Crippen molar-refractivity contribution in [3.63, 3.8) is 0 Å². The average Bonchev–Trinajstić information content (AvgIpc) is 3.03. The van der Waals surface area contributed by atoms with Gasteiger partial charge >= 0.3 is 11.9 Å². The first-order valence-electron chi connectivity index (χ1n) is 10.6. The first-order chi connectivity index (χ1) is 17.0. The quantitative estimate of drug-likeness (QED) is 0.516. The van der Waals surface area contributed by atoms with Crippen LogP contribution in [0.2, 0.25) is 10.0 Å². The van der Waals surface area contributed by atoms with Gasteiger partial charge in [0.2, 0.25) is 0 Å². The van der Waals surface area contributed by atoms with Crippen LogP contribution >= 0.6 is 23.2 Å². The van der Waals surface area contributed by atoms with Crippen LogP contribution in [0.4, 0.5) is 0 Å². The van der Waals surface area contributed by atoms with E-state index in [1.165, 1.54) is 31.4 Å². The van der Waals surface area contributed by atoms with Gasteiger partial charge in [-0.2, -0.15) is 4.31 Å². The highest BCUT2D eigenvalue weighted by molar-refractivity contribution is 7.90. The first kappa shape index (κ1) is 25.9. The summed E-state index contributed by atoms with van der Waals surface area (Å²) < 4.78 is 36.4. The van der Waals surface area contributed by atoms with Crippen molar-refractivity contribution in [1.82, 2.24) is 4.31 Å². The number of halogens is 2. The van der Waals surface area contributed by atoms with Gasteiger partial charge in [0.25, 0.3) is 15.9 Å². The van der Waals surface area contributed by atoms with Crippen molar-refractivity contribution >= 4 is 56.8 Å². The molecule has 2 heterocycles. The zero-order valence-electron chi connectivity index (χ0n) is 19.3. The highest BCUT2D eigenvalue weighted by atomic mass is 35.5. The van der Waals surface area contributed by atoms with Crippen molar-refractivity contribution in [2.75, 3.05) is 13.8 Å². The third kappa shape index (κ3) is 4.19. The second-order valence-corrected chi connectivity index (χ2v) is 10.7. The summed E-state index contributed by atoms with van der Waals surface area (Å²) in [5.74, 6) is -4.47. The fourth-order valence-electron chi connectivity index (χ4n) is 4.38. The Kier molecular flexibility index (Phi) is 6.96. The monoisotopic (exact) mass is 550 g/mol. The van der Waals surface area contributed by atoms with Gasteiger partial charge in [0.15, 0.2) is 6.73 Å². The third-order valence-corrected chi connectivity index (χ3v) is 8.64. The van der Waals surface area contributed by atoms with Gasteiger partial charge in [-0.25, -0.2) is 13.2 Å². The van der Waals surface area contributed by atoms with Gasteiger partial charge in [-0.1, -0.05) is 47.5 Å². The highest BCUT2D eigenvalue weighted by Gasteiger charge is 2.45. The van der Waals surface area contributed by atoms with Gasteiger partial charge in [0, 0.05) is 17.3 Å². The van der Waals surface area contributed by atoms with E-state index >= 15 is 0 Å². The number of ether oxygens (including phenoxy) is 2. The molecule has 0 aromatic heterocycles. The van der Waals surface area contributed by atoms with Gasteiger partial charge in [0.1, 0.15) is 10.8 Å². The van der Waals surface area contributed by atoms with Crippen molar-refractivity contribution in [3.8, 4) is 0 Å². The average molecular weight is 551 g/mol. The molecule has 2 aliphatic heterocycles. The molecule has 2 unspecified atom stereocenters. The van der Waals surface area contributed by atoms with Crippen LogP contribution < -0.4 is 0 Å². The van der Waals surface area contributed by atoms with Crippen molar-refractivity contribution in [1.29, 1.82) is 0 Å². The molecule has 4 rings (SSSR count). The molecule has 0 radical (unpaired) electrons. The largest absolute Gasteiger partial charge is 0.468 e. The Labute approximate surface area is 217 Å². The molecule has 0 fully saturated rings. The molecule has 1 amide bonds. The summed E-state index contributed by atoms with van der Waals surface area (Å²) in [7, 11) is -2.99. The second-order valence-electron chi connectivity index (χ2n) is 8.09. The first-order valence-corrected chi connectivity index (χ1v) is 12.8. The van der Waals surface area contributed by atoms with Crippen LogP contribution in [0.1, 0.15) is 35.7 Å². The Bertz CT molecular complexity index is 1470. The number of benzene rings is 2. The van der Waals surface area contributed by atoms with E-state index in [9.17, 15) is 22.8 Å². The lowest BCUT2D eigenvalue weighted by Gasteiger charge is -2.32. The molecular weight excluding hydrogens is 531 g/mol. The maximum Gasteiger partial charge on any atom is 0.338 e. The minimum Gasteiger partial charge on any atom is -0.468 e. The van der Waals surface area contributed by atoms with Gasteiger partial charge < -0.3 is 9.47 Å². The predicted molar refractivity (Wildman–Crippen MR) is 131 cm³/mol. The normalized spacial score (nSPS) is 20.6. The molecule has 9 nitrogen and oxygen atoms in total. The number of hydrogen-bond acceptors (Lipinski definition) is 8. The van der Waals surface area contributed by atoms with Crippen LogP contribution in [0.5, 0.6) is 0 Å². The van der Waals surface area contributed by atoms with Gasteiger partial charge in [0.05, 0.1) is 28.3 Å². The minimum absolute atomic E-state index is 0.0174. The van der Waals surface area contributed by atoms with Gasteiger partial charge in [-0.15, -0.1) is 0 Å². The Balaban J connectivity index is 1.72. The van der Waals surface area contributed by atoms with Crippen LogP contribution in [0, 0.1) is 5.92 Å². The zero-order valence-corrected chi connectivity index (χ0v) is 21.6. The van der Waals surface area contributed by atoms with Crippen molar-refractivity contribution in [3.05, 3.63) is 74.9 Å². The van der Waals surface area contributed by atoms with Crippen LogP contribution in [0.25, 0.3) is 0 Å². The fourth-order valence-corrected chi connectivity index (χ4v) is 6.24. The van der Waals surface area contributed by atoms with E-state index in [0.717, 1.165) is 0 Å². The summed E-state index contributed by atoms with van der Waals surface area (Å²) in [5.41, 5.74) is 0.914. The molecule has 0 spiro atoms. The smallest absolute Gasteiger partial charge is 0.338 e. The van der Waals surface area contributed by atoms with E-state index in [-0.39, 0.29) is 31.8 Å². The molecule has 12 heteroatoms. The molecule has 2 aromatic rings. The van der Waals surface area contributed by atoms with Crippen molar-refractivity contribution < 1.29 is 32.3 Å². The fraction of sp³-hybridized carbons (Fsp3) is 0.250. The number of aliphatic imine (C=N–C) groups is 1. The summed E-state index contributed by atoms with van der Waals surface area (Å²) in [5, 5.41) is 0.327. The van der Waals surface area contributed by atoms with E-state index in [2.05, 4.69) is 4.99 Å². The maximum absolute atomic E-state index is 13.4. The Morgan fingerprint density at radius 1 is 1.08 bits per heavy atom. The van der Waals surface area contributed by atoms with Gasteiger partial charge in [-0.05, 0) is 37.6 Å². The molecule has 0 N–H and O–H groups in total. The highest BCUT2D eigenvalue weighted by Crippen LogP contribution is 2.44. The van der Waals surface area contributed by atoms with Crippen molar-refractivity contribution in [2.45, 2.75) is 24.7 Å². The molecule has 2 aliphatic rings. The number of sulfonamides is 1. The third-order valence-electron chi connectivity index (χ3n) is 6.04. The number of esters is 2. The topological polar surface area (TPSA) is 119 Å². The van der Waals surface area contributed by atoms with Crippen molar-refractivity contribution in [2.24, 2.45) is 10.9 Å². The molecule has 36 heavy (non-hydrogen) atoms. The molecule has 2 aromatic carbocycles. The lowest BCUT2D eigenvalue weighted by Crippen LogP contribution is -2.38. The van der Waals surface area contributed by atoms with Crippen LogP contribution in [-0.4, -0.2) is 50.1 Å². The van der Waals surface area contributed by atoms with E-state index in [0.29, 0.717) is 15.6 Å². The van der Waals surface area contributed by atoms with E-state index in [1.54, 1.807) is 32.0 Å². The van der Waals surface area contributed by atoms with E-state index < -0.39 is 46.4 Å². The van der Waals surface area contributed by atoms with Crippen LogP contribution in [-0.2, 0) is 29.1 Å². The summed E-state index contributed by atoms with van der Waals surface area (Å²) in [4.78, 5) is 43.0. The summed E-state index contributed by atoms with van der Waals surface area (Å²) in [6.07, 6.45) is 0. The number of nitrogens with zero attached hydrogens (tertiary/aromatic N) is 2. The SMILES string of the molecule is COC(=O)C1C(C)=NC(C)=C(C(=O)OCN2C(=O)c3ccccc3S2(=O)=O)C1c1cccc(Cl)c1Cl. The summed E-state index contributed by atoms with van der Waals surface area (Å²) >= 11 is 12.7. The number of carbonyl (C=O) groups is 3. The summed E-state index contributed by atoms with van der Waals surface area (Å²) in [6.45, 7) is 2.30. The standard InChI is InChI=1S/C24H20Cl2N2O7S/c1-12-18(23(30)34-3)20(15-8-6-9-16(25)21(15)26)19(13(2)27-12)24(31)35-11-28-22(29)14-7-4-5-10-17(14)36(28,32)33/h4-10,18,20H,11H2,1-3H3. The van der Waals surface area contributed by atoms with Gasteiger partial charge in [-0.3, -0.25) is 14.6 Å². The number of amides is 1. The number of rotatable bonds is 5. The lowest BCUT2D eigenvalue weighted by atomic mass is 9.75. The molecule has 2 atom stereocenters. The number of fused-ring (bicyclic) bond motifs is 1. The number of hydrogen-bond donors (Lipinski definition) is 0. The number of allylic oxidation sites excluding steroid dienone is 1. The van der Waals surface area contributed by atoms with E-state index in [1.807, 2.05) is 0 Å². The molecular formula is C24H20Cl2N2O7S. The summed E-state index contributed by atoms with van der Waals surface area (Å²) in [6, 6.07) is 10.5. The number of methoxy groups -OCH3 is 1. The Hall–Kier alpha value is -3.21. The zero-order chi connectivity index (χ0) is 26.4. The second kappa shape index (κ2) is 9.68. The van der Waals surface area contributed by atoms with E-state index in [4.69, 9.17) is 32.7 Å². The minimum atomic E-state index is -4.20. The molecule has 0 saturated heterocycles. The molecule has 0 bridgehead atoms. The molecule has 188 valence electrons. The lowest BCUT2D eigenvalue weighted by molar-refractivity contribution is -0.144. The maximum atomic E-state index is 13.4. The van der Waals surface area contributed by atoms with Crippen LogP contribution in [0.15, 0.2) is 63.6 Å². The number of carbonyl (C=O) groups excluding carboxylic acids is 3. The predicted octanol–water partition coefficient (Wildman–Crippen LogP) is 3.96. The molecule has 0 aliphatic carbocycles. The van der Waals surface area contributed by atoms with Crippen LogP contribution in [0.3, 0.4) is 0 Å².